The van der Waals surface area contributed by atoms with Crippen LogP contribution in [0.15, 0.2) is 22.7 Å². The van der Waals surface area contributed by atoms with Gasteiger partial charge in [-0.25, -0.2) is 0 Å². The zero-order chi connectivity index (χ0) is 15.8. The van der Waals surface area contributed by atoms with Crippen molar-refractivity contribution in [2.24, 2.45) is 5.92 Å². The molecule has 1 aromatic carbocycles. The van der Waals surface area contributed by atoms with Gasteiger partial charge < -0.3 is 10.1 Å². The fourth-order valence-corrected chi connectivity index (χ4v) is 4.21. The first-order valence-corrected chi connectivity index (χ1v) is 8.65. The highest BCUT2D eigenvalue weighted by atomic mass is 79.9. The van der Waals surface area contributed by atoms with Gasteiger partial charge in [0.05, 0.1) is 11.2 Å². The third kappa shape index (κ3) is 3.69. The lowest BCUT2D eigenvalue weighted by Crippen LogP contribution is -2.38. The van der Waals surface area contributed by atoms with Crippen molar-refractivity contribution in [1.29, 1.82) is 0 Å². The van der Waals surface area contributed by atoms with E-state index in [9.17, 15) is 0 Å². The molecule has 0 saturated carbocycles. The summed E-state index contributed by atoms with van der Waals surface area (Å²) in [5.41, 5.74) is 2.46. The number of hydrogen-bond donors (Lipinski definition) is 1. The molecular weight excluding hydrogens is 326 g/mol. The predicted molar refractivity (Wildman–Crippen MR) is 92.6 cm³/mol. The fourth-order valence-electron chi connectivity index (χ4n) is 3.71. The number of hydrogen-bond acceptors (Lipinski definition) is 2. The molecule has 0 bridgehead atoms. The van der Waals surface area contributed by atoms with Gasteiger partial charge in [-0.15, -0.1) is 0 Å². The van der Waals surface area contributed by atoms with Gasteiger partial charge in [0.1, 0.15) is 0 Å². The van der Waals surface area contributed by atoms with Crippen molar-refractivity contribution in [2.75, 3.05) is 6.54 Å². The summed E-state index contributed by atoms with van der Waals surface area (Å²) in [4.78, 5) is 0. The van der Waals surface area contributed by atoms with E-state index >= 15 is 0 Å². The molecule has 2 atom stereocenters. The zero-order valence-corrected chi connectivity index (χ0v) is 15.7. The van der Waals surface area contributed by atoms with E-state index in [1.54, 1.807) is 0 Å². The molecule has 1 N–H and O–H groups in total. The molecule has 2 unspecified atom stereocenters. The van der Waals surface area contributed by atoms with E-state index in [2.05, 4.69) is 81.0 Å². The molecule has 0 amide bonds. The van der Waals surface area contributed by atoms with Gasteiger partial charge in [-0.3, -0.25) is 0 Å². The van der Waals surface area contributed by atoms with E-state index in [1.807, 2.05) is 0 Å². The maximum Gasteiger partial charge on any atom is 0.0681 e. The van der Waals surface area contributed by atoms with Gasteiger partial charge >= 0.3 is 0 Å². The number of benzene rings is 1. The quantitative estimate of drug-likeness (QED) is 0.821. The second-order valence-corrected chi connectivity index (χ2v) is 8.19. The summed E-state index contributed by atoms with van der Waals surface area (Å²) in [6.07, 6.45) is 1.07. The number of rotatable bonds is 4. The summed E-state index contributed by atoms with van der Waals surface area (Å²) in [7, 11) is 0. The van der Waals surface area contributed by atoms with Crippen LogP contribution in [0, 0.1) is 12.8 Å². The van der Waals surface area contributed by atoms with Crippen molar-refractivity contribution in [3.63, 3.8) is 0 Å². The first-order valence-electron chi connectivity index (χ1n) is 7.86. The highest BCUT2D eigenvalue weighted by Crippen LogP contribution is 2.48. The molecule has 1 saturated heterocycles. The Labute approximate surface area is 137 Å². The fraction of sp³-hybridized carbons (Fsp3) is 0.667. The number of halogens is 1. The van der Waals surface area contributed by atoms with Crippen molar-refractivity contribution in [1.82, 2.24) is 5.32 Å². The second-order valence-electron chi connectivity index (χ2n) is 7.34. The Kier molecular flexibility index (Phi) is 4.87. The summed E-state index contributed by atoms with van der Waals surface area (Å²) in [5, 5.41) is 3.69. The van der Waals surface area contributed by atoms with E-state index in [1.165, 1.54) is 15.6 Å². The lowest BCUT2D eigenvalue weighted by Gasteiger charge is -2.34. The van der Waals surface area contributed by atoms with Gasteiger partial charge in [-0.05, 0) is 59.2 Å². The van der Waals surface area contributed by atoms with Crippen LogP contribution in [-0.4, -0.2) is 17.7 Å². The SMILES string of the molecule is CCNC(c1cc(C)ccc1Br)C1CC(C)(C)OC1(C)C. The number of aryl methyl sites for hydroxylation is 1. The van der Waals surface area contributed by atoms with Crippen molar-refractivity contribution < 1.29 is 4.74 Å². The Morgan fingerprint density at radius 1 is 1.33 bits per heavy atom. The minimum atomic E-state index is -0.125. The first-order chi connectivity index (χ1) is 9.66. The molecule has 1 aliphatic heterocycles. The molecule has 118 valence electrons. The molecule has 0 aliphatic carbocycles. The summed E-state index contributed by atoms with van der Waals surface area (Å²) in [6.45, 7) is 14.1. The van der Waals surface area contributed by atoms with Crippen LogP contribution in [0.5, 0.6) is 0 Å². The Hall–Kier alpha value is -0.380. The van der Waals surface area contributed by atoms with Gasteiger partial charge in [0, 0.05) is 16.4 Å². The normalized spacial score (nSPS) is 25.0. The maximum absolute atomic E-state index is 6.31. The maximum atomic E-state index is 6.31. The molecule has 2 nitrogen and oxygen atoms in total. The second kappa shape index (κ2) is 6.02. The van der Waals surface area contributed by atoms with Crippen LogP contribution >= 0.6 is 15.9 Å². The van der Waals surface area contributed by atoms with Crippen LogP contribution in [-0.2, 0) is 4.74 Å². The molecule has 1 aliphatic rings. The first kappa shape index (κ1) is 17.0. The third-order valence-electron chi connectivity index (χ3n) is 4.46. The van der Waals surface area contributed by atoms with Crippen molar-refractivity contribution >= 4 is 15.9 Å². The monoisotopic (exact) mass is 353 g/mol. The minimum absolute atomic E-state index is 0.0574. The molecular formula is C18H28BrNO. The van der Waals surface area contributed by atoms with E-state index in [0.29, 0.717) is 12.0 Å². The van der Waals surface area contributed by atoms with Crippen LogP contribution < -0.4 is 5.32 Å². The highest BCUT2D eigenvalue weighted by molar-refractivity contribution is 9.10. The largest absolute Gasteiger partial charge is 0.369 e. The van der Waals surface area contributed by atoms with Crippen molar-refractivity contribution in [3.8, 4) is 0 Å². The summed E-state index contributed by atoms with van der Waals surface area (Å²) >= 11 is 3.73. The lowest BCUT2D eigenvalue weighted by atomic mass is 9.78. The molecule has 1 fully saturated rings. The molecule has 21 heavy (non-hydrogen) atoms. The molecule has 1 heterocycles. The van der Waals surface area contributed by atoms with Crippen LogP contribution in [0.1, 0.15) is 58.2 Å². The van der Waals surface area contributed by atoms with Crippen LogP contribution in [0.25, 0.3) is 0 Å². The van der Waals surface area contributed by atoms with E-state index in [4.69, 9.17) is 4.74 Å². The predicted octanol–water partition coefficient (Wildman–Crippen LogP) is 5.00. The van der Waals surface area contributed by atoms with Crippen LogP contribution in [0.4, 0.5) is 0 Å². The van der Waals surface area contributed by atoms with Crippen molar-refractivity contribution in [3.05, 3.63) is 33.8 Å². The van der Waals surface area contributed by atoms with Crippen LogP contribution in [0.2, 0.25) is 0 Å². The van der Waals surface area contributed by atoms with E-state index in [-0.39, 0.29) is 11.2 Å². The molecule has 1 aromatic rings. The summed E-state index contributed by atoms with van der Waals surface area (Å²) in [6, 6.07) is 6.90. The Morgan fingerprint density at radius 3 is 2.52 bits per heavy atom. The minimum Gasteiger partial charge on any atom is -0.369 e. The average Bonchev–Trinajstić information content (AvgIpc) is 2.57. The topological polar surface area (TPSA) is 21.3 Å². The molecule has 0 radical (unpaired) electrons. The smallest absolute Gasteiger partial charge is 0.0681 e. The van der Waals surface area contributed by atoms with E-state index in [0.717, 1.165) is 13.0 Å². The van der Waals surface area contributed by atoms with E-state index < -0.39 is 0 Å². The Bertz CT molecular complexity index is 510. The van der Waals surface area contributed by atoms with Gasteiger partial charge in [0.25, 0.3) is 0 Å². The third-order valence-corrected chi connectivity index (χ3v) is 5.18. The van der Waals surface area contributed by atoms with Crippen molar-refractivity contribution in [2.45, 2.75) is 65.2 Å². The average molecular weight is 354 g/mol. The number of nitrogens with one attached hydrogen (secondary N) is 1. The van der Waals surface area contributed by atoms with Gasteiger partial charge in [-0.1, -0.05) is 40.5 Å². The van der Waals surface area contributed by atoms with Gasteiger partial charge in [-0.2, -0.15) is 0 Å². The molecule has 3 heteroatoms. The summed E-state index contributed by atoms with van der Waals surface area (Å²) in [5.74, 6) is 0.450. The van der Waals surface area contributed by atoms with Gasteiger partial charge in [0.15, 0.2) is 0 Å². The number of ether oxygens (including phenoxy) is 1. The van der Waals surface area contributed by atoms with Gasteiger partial charge in [0.2, 0.25) is 0 Å². The zero-order valence-electron chi connectivity index (χ0n) is 14.1. The molecule has 0 aromatic heterocycles. The van der Waals surface area contributed by atoms with Crippen LogP contribution in [0.3, 0.4) is 0 Å². The highest BCUT2D eigenvalue weighted by Gasteiger charge is 2.49. The summed E-state index contributed by atoms with van der Waals surface area (Å²) < 4.78 is 7.49. The Balaban J connectivity index is 2.42. The Morgan fingerprint density at radius 2 is 2.00 bits per heavy atom. The molecule has 0 spiro atoms. The molecule has 2 rings (SSSR count). The standard InChI is InChI=1S/C18H28BrNO/c1-7-20-16(13-10-12(2)8-9-15(13)19)14-11-17(3,4)21-18(14,5)6/h8-10,14,16,20H,7,11H2,1-6H3. The lowest BCUT2D eigenvalue weighted by molar-refractivity contribution is -0.0778.